The molecule has 0 spiro atoms. The number of aromatic nitrogens is 2. The van der Waals surface area contributed by atoms with Crippen LogP contribution in [0.5, 0.6) is 0 Å². The number of thiazole rings is 1. The van der Waals surface area contributed by atoms with Crippen molar-refractivity contribution in [2.45, 2.75) is 12.5 Å². The lowest BCUT2D eigenvalue weighted by Crippen LogP contribution is -2.30. The van der Waals surface area contributed by atoms with Crippen LogP contribution in [0.25, 0.3) is 0 Å². The Labute approximate surface area is 92.2 Å². The van der Waals surface area contributed by atoms with E-state index in [0.717, 1.165) is 17.1 Å². The zero-order valence-electron chi connectivity index (χ0n) is 8.13. The molecule has 15 heavy (non-hydrogen) atoms. The fraction of sp³-hybridized carbons (Fsp3) is 0.200. The van der Waals surface area contributed by atoms with E-state index >= 15 is 0 Å². The van der Waals surface area contributed by atoms with Crippen LogP contribution in [-0.4, -0.2) is 9.97 Å². The third kappa shape index (κ3) is 2.59. The molecule has 1 unspecified atom stereocenters. The van der Waals surface area contributed by atoms with Crippen LogP contribution < -0.4 is 11.3 Å². The van der Waals surface area contributed by atoms with E-state index in [1.165, 1.54) is 0 Å². The zero-order valence-corrected chi connectivity index (χ0v) is 8.95. The molecule has 0 aromatic carbocycles. The van der Waals surface area contributed by atoms with E-state index in [0.29, 0.717) is 0 Å². The quantitative estimate of drug-likeness (QED) is 0.602. The molecule has 0 aliphatic carbocycles. The molecule has 4 nitrogen and oxygen atoms in total. The highest BCUT2D eigenvalue weighted by Gasteiger charge is 2.12. The summed E-state index contributed by atoms with van der Waals surface area (Å²) in [5, 5.41) is 3.02. The van der Waals surface area contributed by atoms with Crippen LogP contribution in [0, 0.1) is 0 Å². The second kappa shape index (κ2) is 4.97. The van der Waals surface area contributed by atoms with Crippen LogP contribution in [0.4, 0.5) is 0 Å². The number of hydrogen-bond donors (Lipinski definition) is 2. The fourth-order valence-corrected chi connectivity index (χ4v) is 2.02. The molecule has 0 saturated carbocycles. The van der Waals surface area contributed by atoms with Crippen LogP contribution in [0.3, 0.4) is 0 Å². The van der Waals surface area contributed by atoms with Gasteiger partial charge in [0.05, 0.1) is 16.7 Å². The first-order valence-corrected chi connectivity index (χ1v) is 5.53. The maximum atomic E-state index is 5.51. The Balaban J connectivity index is 2.12. The van der Waals surface area contributed by atoms with Gasteiger partial charge >= 0.3 is 0 Å². The molecule has 2 aromatic rings. The van der Waals surface area contributed by atoms with E-state index in [2.05, 4.69) is 15.4 Å². The van der Waals surface area contributed by atoms with Gasteiger partial charge in [-0.3, -0.25) is 16.3 Å². The minimum atomic E-state index is 0.0253. The minimum absolute atomic E-state index is 0.0253. The summed E-state index contributed by atoms with van der Waals surface area (Å²) in [5.74, 6) is 5.51. The lowest BCUT2D eigenvalue weighted by atomic mass is 10.1. The molecule has 2 rings (SSSR count). The van der Waals surface area contributed by atoms with Gasteiger partial charge in [0.2, 0.25) is 0 Å². The average Bonchev–Trinajstić information content (AvgIpc) is 2.80. The van der Waals surface area contributed by atoms with Crippen molar-refractivity contribution in [2.75, 3.05) is 0 Å². The van der Waals surface area contributed by atoms with Crippen molar-refractivity contribution in [2.24, 2.45) is 5.84 Å². The monoisotopic (exact) mass is 220 g/mol. The van der Waals surface area contributed by atoms with Crippen molar-refractivity contribution in [1.29, 1.82) is 0 Å². The highest BCUT2D eigenvalue weighted by molar-refractivity contribution is 7.09. The second-order valence-corrected chi connectivity index (χ2v) is 4.08. The summed E-state index contributed by atoms with van der Waals surface area (Å²) in [7, 11) is 0. The van der Waals surface area contributed by atoms with Gasteiger partial charge in [-0.2, -0.15) is 0 Å². The third-order valence-electron chi connectivity index (χ3n) is 2.11. The molecular formula is C10H12N4S. The van der Waals surface area contributed by atoms with Gasteiger partial charge in [-0.1, -0.05) is 6.07 Å². The largest absolute Gasteiger partial charge is 0.271 e. The molecule has 3 N–H and O–H groups in total. The summed E-state index contributed by atoms with van der Waals surface area (Å²) in [6.07, 6.45) is 4.33. The van der Waals surface area contributed by atoms with Gasteiger partial charge in [0.25, 0.3) is 0 Å². The van der Waals surface area contributed by atoms with Crippen molar-refractivity contribution >= 4 is 11.3 Å². The van der Waals surface area contributed by atoms with Crippen molar-refractivity contribution in [3.63, 3.8) is 0 Å². The molecule has 0 aliphatic heterocycles. The van der Waals surface area contributed by atoms with Gasteiger partial charge in [0.1, 0.15) is 0 Å². The van der Waals surface area contributed by atoms with Crippen LogP contribution >= 0.6 is 11.3 Å². The zero-order chi connectivity index (χ0) is 10.5. The molecular weight excluding hydrogens is 208 g/mol. The van der Waals surface area contributed by atoms with Crippen molar-refractivity contribution in [3.8, 4) is 0 Å². The van der Waals surface area contributed by atoms with Gasteiger partial charge in [0.15, 0.2) is 0 Å². The Bertz CT molecular complexity index is 387. The molecule has 0 radical (unpaired) electrons. The number of pyridine rings is 1. The van der Waals surface area contributed by atoms with Gasteiger partial charge in [-0.25, -0.2) is 4.98 Å². The Morgan fingerprint density at radius 2 is 2.27 bits per heavy atom. The molecule has 0 aliphatic rings. The molecule has 0 fully saturated rings. The van der Waals surface area contributed by atoms with Crippen molar-refractivity contribution in [3.05, 3.63) is 46.7 Å². The van der Waals surface area contributed by atoms with Crippen LogP contribution in [-0.2, 0) is 6.42 Å². The van der Waals surface area contributed by atoms with E-state index < -0.39 is 0 Å². The number of nitrogens with zero attached hydrogens (tertiary/aromatic N) is 2. The molecule has 78 valence electrons. The summed E-state index contributed by atoms with van der Waals surface area (Å²) in [6.45, 7) is 0. The predicted octanol–water partition coefficient (Wildman–Crippen LogP) is 1.29. The van der Waals surface area contributed by atoms with E-state index in [9.17, 15) is 0 Å². The number of hydrazine groups is 1. The van der Waals surface area contributed by atoms with Crippen molar-refractivity contribution < 1.29 is 0 Å². The Morgan fingerprint density at radius 3 is 2.87 bits per heavy atom. The summed E-state index contributed by atoms with van der Waals surface area (Å²) >= 11 is 1.63. The normalized spacial score (nSPS) is 12.6. The third-order valence-corrected chi connectivity index (χ3v) is 2.91. The van der Waals surface area contributed by atoms with Crippen LogP contribution in [0.1, 0.15) is 16.7 Å². The number of hydrogen-bond acceptors (Lipinski definition) is 5. The lowest BCUT2D eigenvalue weighted by molar-refractivity contribution is 0.537. The topological polar surface area (TPSA) is 63.8 Å². The van der Waals surface area contributed by atoms with Crippen molar-refractivity contribution in [1.82, 2.24) is 15.4 Å². The molecule has 2 aromatic heterocycles. The second-order valence-electron chi connectivity index (χ2n) is 3.10. The Hall–Kier alpha value is -1.30. The highest BCUT2D eigenvalue weighted by atomic mass is 32.1. The van der Waals surface area contributed by atoms with Gasteiger partial charge in [0, 0.05) is 24.2 Å². The van der Waals surface area contributed by atoms with Gasteiger partial charge < -0.3 is 0 Å². The maximum Gasteiger partial charge on any atom is 0.0944 e. The average molecular weight is 220 g/mol. The van der Waals surface area contributed by atoms with E-state index in [-0.39, 0.29) is 6.04 Å². The molecule has 1 atom stereocenters. The first kappa shape index (κ1) is 10.2. The summed E-state index contributed by atoms with van der Waals surface area (Å²) in [5.41, 5.74) is 3.70. The standard InChI is InChI=1S/C10H12N4S/c11-14-9(7-10-13-5-6-15-10)8-3-1-2-4-12-8/h1-6,9,14H,7,11H2. The summed E-state index contributed by atoms with van der Waals surface area (Å²) in [6, 6.07) is 5.82. The smallest absolute Gasteiger partial charge is 0.0944 e. The maximum absolute atomic E-state index is 5.51. The van der Waals surface area contributed by atoms with Crippen LogP contribution in [0.15, 0.2) is 36.0 Å². The predicted molar refractivity (Wildman–Crippen MR) is 60.1 cm³/mol. The minimum Gasteiger partial charge on any atom is -0.271 e. The first-order chi connectivity index (χ1) is 7.40. The Kier molecular flexibility index (Phi) is 3.39. The SMILES string of the molecule is NNC(Cc1nccs1)c1ccccn1. The first-order valence-electron chi connectivity index (χ1n) is 4.65. The molecule has 0 bridgehead atoms. The van der Waals surface area contributed by atoms with Crippen LogP contribution in [0.2, 0.25) is 0 Å². The van der Waals surface area contributed by atoms with Gasteiger partial charge in [-0.05, 0) is 12.1 Å². The number of rotatable bonds is 4. The van der Waals surface area contributed by atoms with Gasteiger partial charge in [-0.15, -0.1) is 11.3 Å². The Morgan fingerprint density at radius 1 is 1.33 bits per heavy atom. The fourth-order valence-electron chi connectivity index (χ4n) is 1.36. The highest BCUT2D eigenvalue weighted by Crippen LogP contribution is 2.16. The number of nitrogens with one attached hydrogen (secondary N) is 1. The molecule has 2 heterocycles. The van der Waals surface area contributed by atoms with E-state index in [4.69, 9.17) is 5.84 Å². The summed E-state index contributed by atoms with van der Waals surface area (Å²) < 4.78 is 0. The van der Waals surface area contributed by atoms with E-state index in [1.54, 1.807) is 23.7 Å². The van der Waals surface area contributed by atoms with E-state index in [1.807, 2.05) is 23.6 Å². The lowest BCUT2D eigenvalue weighted by Gasteiger charge is -2.13. The number of nitrogens with two attached hydrogens (primary N) is 1. The molecule has 0 amide bonds. The molecule has 5 heteroatoms. The summed E-state index contributed by atoms with van der Waals surface area (Å²) in [4.78, 5) is 8.49. The molecule has 0 saturated heterocycles.